The van der Waals surface area contributed by atoms with Crippen LogP contribution in [-0.4, -0.2) is 51.0 Å². The predicted molar refractivity (Wildman–Crippen MR) is 23.5 cm³/mol. The molecule has 0 fully saturated rings. The van der Waals surface area contributed by atoms with Gasteiger partial charge in [-0.2, -0.15) is 0 Å². The molecule has 0 saturated heterocycles. The van der Waals surface area contributed by atoms with Gasteiger partial charge in [-0.15, -0.1) is 0 Å². The van der Waals surface area contributed by atoms with Crippen molar-refractivity contribution in [3.05, 3.63) is 7.11 Å². The molecule has 5 heteroatoms. The van der Waals surface area contributed by atoms with Crippen LogP contribution in [0.2, 0.25) is 0 Å². The van der Waals surface area contributed by atoms with Crippen molar-refractivity contribution < 1.29 is 19.7 Å². The summed E-state index contributed by atoms with van der Waals surface area (Å²) in [6, 6.07) is 0. The van der Waals surface area contributed by atoms with Crippen molar-refractivity contribution >= 4 is 43.9 Å². The Morgan fingerprint density at radius 3 is 1.62 bits per heavy atom. The van der Waals surface area contributed by atoms with Crippen LogP contribution < -0.4 is 10.2 Å². The van der Waals surface area contributed by atoms with Gasteiger partial charge in [0.25, 0.3) is 0 Å². The summed E-state index contributed by atoms with van der Waals surface area (Å²) in [5.74, 6) is 0. The molecule has 0 heterocycles. The van der Waals surface area contributed by atoms with Gasteiger partial charge in [0.1, 0.15) is 0 Å². The summed E-state index contributed by atoms with van der Waals surface area (Å²) in [5, 5.41) is 16.7. The van der Waals surface area contributed by atoms with Gasteiger partial charge in [0.15, 0.2) is 0 Å². The van der Waals surface area contributed by atoms with Gasteiger partial charge in [-0.05, 0) is 13.3 Å². The van der Waals surface area contributed by atoms with Crippen molar-refractivity contribution in [2.45, 2.75) is 0 Å². The SMILES string of the molecule is O=C([O-])[O-].[CH2-]OC.[Ca+2]. The van der Waals surface area contributed by atoms with Crippen molar-refractivity contribution in [1.82, 2.24) is 0 Å². The molecule has 8 heavy (non-hydrogen) atoms. The predicted octanol–water partition coefficient (Wildman–Crippen LogP) is -2.40. The van der Waals surface area contributed by atoms with E-state index >= 15 is 0 Å². The summed E-state index contributed by atoms with van der Waals surface area (Å²) in [4.78, 5) is 8.33. The van der Waals surface area contributed by atoms with Gasteiger partial charge in [-0.25, -0.2) is 7.11 Å². The van der Waals surface area contributed by atoms with Gasteiger partial charge < -0.3 is 19.7 Å². The first-order valence-electron chi connectivity index (χ1n) is 1.31. The van der Waals surface area contributed by atoms with Gasteiger partial charge >= 0.3 is 37.7 Å². The van der Waals surface area contributed by atoms with E-state index in [-0.39, 0.29) is 37.7 Å². The largest absolute Gasteiger partial charge is 2.00 e. The van der Waals surface area contributed by atoms with Crippen LogP contribution in [0.1, 0.15) is 0 Å². The van der Waals surface area contributed by atoms with Crippen LogP contribution in [0.15, 0.2) is 0 Å². The number of carbonyl (C=O) groups is 1. The van der Waals surface area contributed by atoms with Crippen LogP contribution >= 0.6 is 0 Å². The van der Waals surface area contributed by atoms with E-state index in [1.165, 1.54) is 7.11 Å². The fourth-order valence-electron chi connectivity index (χ4n) is 0. The molecule has 0 amide bonds. The van der Waals surface area contributed by atoms with Crippen molar-refractivity contribution in [2.24, 2.45) is 0 Å². The quantitative estimate of drug-likeness (QED) is 0.281. The molecule has 0 aromatic rings. The topological polar surface area (TPSA) is 72.4 Å². The second kappa shape index (κ2) is 15.6. The molecule has 0 atom stereocenters. The van der Waals surface area contributed by atoms with Crippen LogP contribution in [0.25, 0.3) is 0 Å². The second-order valence-corrected chi connectivity index (χ2v) is 0.539. The van der Waals surface area contributed by atoms with E-state index in [1.807, 2.05) is 0 Å². The normalized spacial score (nSPS) is 5.25. The van der Waals surface area contributed by atoms with Gasteiger partial charge in [0.2, 0.25) is 0 Å². The standard InChI is InChI=1S/C2H5O.CH2O3.Ca/c1-3-2;2-1(3)4;/h1H2,2H3;(H2,2,3,4);/q-1;;+2/p-2. The molecule has 0 unspecified atom stereocenters. The molecule has 4 nitrogen and oxygen atoms in total. The Hall–Kier alpha value is 0.490. The maximum atomic E-state index is 8.33. The summed E-state index contributed by atoms with van der Waals surface area (Å²) in [5.41, 5.74) is 0. The van der Waals surface area contributed by atoms with E-state index in [4.69, 9.17) is 15.0 Å². The molecule has 0 rings (SSSR count). The molecule has 0 aliphatic heterocycles. The van der Waals surface area contributed by atoms with Gasteiger partial charge in [-0.1, -0.05) is 0 Å². The van der Waals surface area contributed by atoms with E-state index in [2.05, 4.69) is 11.8 Å². The van der Waals surface area contributed by atoms with Gasteiger partial charge in [0.05, 0.1) is 0 Å². The molecule has 0 aliphatic rings. The first kappa shape index (κ1) is 15.8. The first-order chi connectivity index (χ1) is 3.15. The van der Waals surface area contributed by atoms with Crippen LogP contribution in [0.3, 0.4) is 0 Å². The van der Waals surface area contributed by atoms with E-state index < -0.39 is 6.16 Å². The van der Waals surface area contributed by atoms with Crippen molar-refractivity contribution in [2.75, 3.05) is 7.11 Å². The Morgan fingerprint density at radius 1 is 1.62 bits per heavy atom. The third-order valence-electron chi connectivity index (χ3n) is 0. The zero-order valence-electron chi connectivity index (χ0n) is 4.55. The monoisotopic (exact) mass is 145 g/mol. The molecule has 0 saturated carbocycles. The Bertz CT molecular complexity index is 42.5. The molecular weight excluding hydrogens is 140 g/mol. The third kappa shape index (κ3) is 815. The van der Waals surface area contributed by atoms with Crippen molar-refractivity contribution in [3.8, 4) is 0 Å². The third-order valence-corrected chi connectivity index (χ3v) is 0. The average molecular weight is 145 g/mol. The number of ether oxygens (including phenoxy) is 1. The Labute approximate surface area is 77.5 Å². The summed E-state index contributed by atoms with van der Waals surface area (Å²) in [6.45, 7) is 0. The molecule has 0 aromatic heterocycles. The van der Waals surface area contributed by atoms with Crippen LogP contribution in [0.4, 0.5) is 4.79 Å². The number of hydrogen-bond acceptors (Lipinski definition) is 4. The van der Waals surface area contributed by atoms with Gasteiger partial charge in [-0.3, -0.25) is 0 Å². The molecule has 44 valence electrons. The van der Waals surface area contributed by atoms with Gasteiger partial charge in [0, 0.05) is 0 Å². The minimum atomic E-state index is -2.33. The van der Waals surface area contributed by atoms with Crippen LogP contribution in [-0.2, 0) is 4.74 Å². The van der Waals surface area contributed by atoms with Crippen molar-refractivity contribution in [1.29, 1.82) is 0 Å². The number of hydrogen-bond donors (Lipinski definition) is 0. The fourth-order valence-corrected chi connectivity index (χ4v) is 0. The minimum Gasteiger partial charge on any atom is -0.652 e. The number of methoxy groups -OCH3 is 1. The van der Waals surface area contributed by atoms with E-state index in [0.717, 1.165) is 0 Å². The fraction of sp³-hybridized carbons (Fsp3) is 0.333. The molecule has 0 aliphatic carbocycles. The van der Waals surface area contributed by atoms with Crippen LogP contribution in [0, 0.1) is 7.11 Å². The zero-order chi connectivity index (χ0) is 6.28. The number of carbonyl (C=O) groups excluding carboxylic acids is 1. The zero-order valence-corrected chi connectivity index (χ0v) is 6.76. The van der Waals surface area contributed by atoms with E-state index in [9.17, 15) is 0 Å². The first-order valence-corrected chi connectivity index (χ1v) is 1.31. The van der Waals surface area contributed by atoms with Crippen molar-refractivity contribution in [3.63, 3.8) is 0 Å². The second-order valence-electron chi connectivity index (χ2n) is 0.539. The Kier molecular flexibility index (Phi) is 30.9. The smallest absolute Gasteiger partial charge is 0.652 e. The molecule has 0 spiro atoms. The maximum absolute atomic E-state index is 8.33. The average Bonchev–Trinajstić information content (AvgIpc) is 1.33. The molecule has 0 radical (unpaired) electrons. The molecule has 0 bridgehead atoms. The number of rotatable bonds is 0. The summed E-state index contributed by atoms with van der Waals surface area (Å²) >= 11 is 0. The maximum Gasteiger partial charge on any atom is 2.00 e. The summed E-state index contributed by atoms with van der Waals surface area (Å²) in [7, 11) is 4.50. The Morgan fingerprint density at radius 2 is 1.62 bits per heavy atom. The van der Waals surface area contributed by atoms with E-state index in [0.29, 0.717) is 0 Å². The molecule has 0 N–H and O–H groups in total. The molecule has 0 aromatic carbocycles. The number of carboxylic acid groups (broad SMARTS) is 2. The molecular formula is C3H5CaO4-. The van der Waals surface area contributed by atoms with E-state index in [1.54, 1.807) is 0 Å². The summed E-state index contributed by atoms with van der Waals surface area (Å²) in [6.07, 6.45) is -2.33. The van der Waals surface area contributed by atoms with Crippen LogP contribution in [0.5, 0.6) is 0 Å². The Balaban J connectivity index is -0.0000000575. The minimum absolute atomic E-state index is 0. The summed E-state index contributed by atoms with van der Waals surface area (Å²) < 4.78 is 4.00.